The number of hydrogen-bond acceptors (Lipinski definition) is 4. The molecule has 0 amide bonds. The van der Waals surface area contributed by atoms with Crippen LogP contribution in [0, 0.1) is 4.91 Å². The zero-order valence-corrected chi connectivity index (χ0v) is 12.5. The van der Waals surface area contributed by atoms with Crippen molar-refractivity contribution in [3.63, 3.8) is 0 Å². The fraction of sp³-hybridized carbons (Fsp3) is 1.00. The molecule has 0 aromatic rings. The number of nitroso groups, excluding NO2 is 1. The smallest absolute Gasteiger partial charge is 0.320 e. The minimum atomic E-state index is -1.31. The predicted molar refractivity (Wildman–Crippen MR) is 73.6 cm³/mol. The quantitative estimate of drug-likeness (QED) is 0.290. The standard InChI is InChI=1S/C12H27NO3Si/c1-15-17(16-2)12-10-8-6-4-3-5-7-9-11-13-14/h17H,3-12H2,1-2H3. The molecule has 0 rings (SSSR count). The summed E-state index contributed by atoms with van der Waals surface area (Å²) in [7, 11) is 2.18. The zero-order chi connectivity index (χ0) is 12.8. The lowest BCUT2D eigenvalue weighted by Crippen LogP contribution is -2.18. The molecule has 0 aliphatic heterocycles. The van der Waals surface area contributed by atoms with Crippen LogP contribution in [0.3, 0.4) is 0 Å². The Balaban J connectivity index is 3.05. The maximum atomic E-state index is 9.85. The maximum Gasteiger partial charge on any atom is 0.320 e. The first-order chi connectivity index (χ1) is 8.35. The molecule has 0 aromatic carbocycles. The average molecular weight is 261 g/mol. The van der Waals surface area contributed by atoms with Crippen LogP contribution >= 0.6 is 0 Å². The van der Waals surface area contributed by atoms with Gasteiger partial charge in [-0.3, -0.25) is 0 Å². The molecule has 0 bridgehead atoms. The first-order valence-corrected chi connectivity index (χ1v) is 8.45. The second-order valence-electron chi connectivity index (χ2n) is 4.37. The van der Waals surface area contributed by atoms with Crippen molar-refractivity contribution in [1.82, 2.24) is 0 Å². The summed E-state index contributed by atoms with van der Waals surface area (Å²) in [5.74, 6) is 0. The third-order valence-electron chi connectivity index (χ3n) is 2.97. The normalized spacial score (nSPS) is 11.0. The van der Waals surface area contributed by atoms with Gasteiger partial charge in [-0.15, -0.1) is 0 Å². The molecule has 0 N–H and O–H groups in total. The van der Waals surface area contributed by atoms with Crippen LogP contribution in [0.4, 0.5) is 0 Å². The van der Waals surface area contributed by atoms with Crippen molar-refractivity contribution in [1.29, 1.82) is 0 Å². The third-order valence-corrected chi connectivity index (χ3v) is 4.90. The SMILES string of the molecule is CO[SiH](CCCCCCCCCCN=O)OC. The lowest BCUT2D eigenvalue weighted by molar-refractivity contribution is 0.276. The van der Waals surface area contributed by atoms with E-state index in [2.05, 4.69) is 5.18 Å². The number of hydrogen-bond donors (Lipinski definition) is 0. The number of unbranched alkanes of at least 4 members (excludes halogenated alkanes) is 7. The third kappa shape index (κ3) is 12.0. The van der Waals surface area contributed by atoms with Gasteiger partial charge in [0.2, 0.25) is 0 Å². The Morgan fingerprint density at radius 1 is 0.824 bits per heavy atom. The summed E-state index contributed by atoms with van der Waals surface area (Å²) in [6, 6.07) is 1.12. The van der Waals surface area contributed by atoms with Gasteiger partial charge in [-0.25, -0.2) is 0 Å². The van der Waals surface area contributed by atoms with Gasteiger partial charge in [0.25, 0.3) is 0 Å². The van der Waals surface area contributed by atoms with Crippen LogP contribution in [0.1, 0.15) is 51.4 Å². The van der Waals surface area contributed by atoms with Crippen LogP contribution in [0.25, 0.3) is 0 Å². The van der Waals surface area contributed by atoms with E-state index in [0.717, 1.165) is 18.9 Å². The highest BCUT2D eigenvalue weighted by Gasteiger charge is 2.07. The molecule has 0 unspecified atom stereocenters. The molecule has 17 heavy (non-hydrogen) atoms. The summed E-state index contributed by atoms with van der Waals surface area (Å²) < 4.78 is 10.5. The van der Waals surface area contributed by atoms with Gasteiger partial charge >= 0.3 is 9.28 Å². The van der Waals surface area contributed by atoms with Gasteiger partial charge in [0.05, 0.1) is 6.54 Å². The Hall–Kier alpha value is -0.263. The molecule has 0 radical (unpaired) electrons. The largest absolute Gasteiger partial charge is 0.400 e. The Bertz CT molecular complexity index is 166. The van der Waals surface area contributed by atoms with Crippen LogP contribution in [0.2, 0.25) is 6.04 Å². The van der Waals surface area contributed by atoms with Gasteiger partial charge in [0.15, 0.2) is 0 Å². The minimum Gasteiger partial charge on any atom is -0.400 e. The summed E-state index contributed by atoms with van der Waals surface area (Å²) in [5.41, 5.74) is 0. The fourth-order valence-electron chi connectivity index (χ4n) is 1.88. The van der Waals surface area contributed by atoms with Crippen LogP contribution in [-0.2, 0) is 8.85 Å². The van der Waals surface area contributed by atoms with Gasteiger partial charge in [0, 0.05) is 14.2 Å². The van der Waals surface area contributed by atoms with Crippen molar-refractivity contribution >= 4 is 9.28 Å². The Morgan fingerprint density at radius 3 is 1.76 bits per heavy atom. The van der Waals surface area contributed by atoms with E-state index >= 15 is 0 Å². The molecule has 0 saturated heterocycles. The summed E-state index contributed by atoms with van der Waals surface area (Å²) >= 11 is 0. The molecular formula is C12H27NO3Si. The molecule has 0 spiro atoms. The second-order valence-corrected chi connectivity index (χ2v) is 6.75. The van der Waals surface area contributed by atoms with Crippen LogP contribution in [-0.4, -0.2) is 30.0 Å². The van der Waals surface area contributed by atoms with Gasteiger partial charge in [-0.2, -0.15) is 4.91 Å². The lowest BCUT2D eigenvalue weighted by atomic mass is 10.1. The lowest BCUT2D eigenvalue weighted by Gasteiger charge is -2.09. The van der Waals surface area contributed by atoms with E-state index < -0.39 is 9.28 Å². The van der Waals surface area contributed by atoms with E-state index in [1.54, 1.807) is 14.2 Å². The van der Waals surface area contributed by atoms with E-state index in [-0.39, 0.29) is 0 Å². The van der Waals surface area contributed by atoms with E-state index in [4.69, 9.17) is 8.85 Å². The van der Waals surface area contributed by atoms with Crippen molar-refractivity contribution in [2.45, 2.75) is 57.4 Å². The number of rotatable bonds is 13. The highest BCUT2D eigenvalue weighted by Crippen LogP contribution is 2.11. The molecule has 5 heteroatoms. The predicted octanol–water partition coefficient (Wildman–Crippen LogP) is 3.39. The molecule has 102 valence electrons. The van der Waals surface area contributed by atoms with Crippen molar-refractivity contribution in [2.75, 3.05) is 20.8 Å². The monoisotopic (exact) mass is 261 g/mol. The van der Waals surface area contributed by atoms with Crippen molar-refractivity contribution in [2.24, 2.45) is 5.18 Å². The Kier molecular flexibility index (Phi) is 13.6. The highest BCUT2D eigenvalue weighted by molar-refractivity contribution is 6.44. The molecule has 0 aliphatic carbocycles. The first-order valence-electron chi connectivity index (χ1n) is 6.69. The molecule has 4 nitrogen and oxygen atoms in total. The van der Waals surface area contributed by atoms with Gasteiger partial charge in [-0.1, -0.05) is 50.1 Å². The van der Waals surface area contributed by atoms with Crippen molar-refractivity contribution < 1.29 is 8.85 Å². The summed E-state index contributed by atoms with van der Waals surface area (Å²) in [6.45, 7) is 0.486. The molecule has 0 aromatic heterocycles. The van der Waals surface area contributed by atoms with Crippen LogP contribution in [0.5, 0.6) is 0 Å². The van der Waals surface area contributed by atoms with Crippen LogP contribution in [0.15, 0.2) is 5.18 Å². The minimum absolute atomic E-state index is 0.486. The molecule has 0 aliphatic rings. The van der Waals surface area contributed by atoms with Crippen LogP contribution < -0.4 is 0 Å². The van der Waals surface area contributed by atoms with E-state index in [0.29, 0.717) is 6.54 Å². The second kappa shape index (κ2) is 13.8. The van der Waals surface area contributed by atoms with Gasteiger partial charge in [0.1, 0.15) is 0 Å². The van der Waals surface area contributed by atoms with Crippen molar-refractivity contribution in [3.8, 4) is 0 Å². The molecular weight excluding hydrogens is 234 g/mol. The number of nitrogens with zero attached hydrogens (tertiary/aromatic N) is 1. The van der Waals surface area contributed by atoms with Gasteiger partial charge in [-0.05, 0) is 12.5 Å². The van der Waals surface area contributed by atoms with Gasteiger partial charge < -0.3 is 8.85 Å². The molecule has 0 atom stereocenters. The van der Waals surface area contributed by atoms with E-state index in [1.807, 2.05) is 0 Å². The summed E-state index contributed by atoms with van der Waals surface area (Å²) in [4.78, 5) is 9.85. The molecule has 0 saturated carbocycles. The molecule has 0 heterocycles. The highest BCUT2D eigenvalue weighted by atomic mass is 28.3. The van der Waals surface area contributed by atoms with E-state index in [9.17, 15) is 4.91 Å². The fourth-order valence-corrected chi connectivity index (χ4v) is 3.17. The Morgan fingerprint density at radius 2 is 1.29 bits per heavy atom. The summed E-state index contributed by atoms with van der Waals surface area (Å²) in [6.07, 6.45) is 9.75. The Labute approximate surface area is 107 Å². The maximum absolute atomic E-state index is 9.85. The topological polar surface area (TPSA) is 47.9 Å². The van der Waals surface area contributed by atoms with Crippen molar-refractivity contribution in [3.05, 3.63) is 4.91 Å². The molecule has 0 fully saturated rings. The average Bonchev–Trinajstić information content (AvgIpc) is 2.36. The van der Waals surface area contributed by atoms with E-state index in [1.165, 1.54) is 38.5 Å². The first kappa shape index (κ1) is 16.7. The zero-order valence-electron chi connectivity index (χ0n) is 11.3. The summed E-state index contributed by atoms with van der Waals surface area (Å²) in [5, 5.41) is 2.86.